The molecule has 1 amide bonds. The molecule has 0 saturated carbocycles. The van der Waals surface area contributed by atoms with E-state index in [1.54, 1.807) is 24.3 Å². The summed E-state index contributed by atoms with van der Waals surface area (Å²) in [6.07, 6.45) is 0. The van der Waals surface area contributed by atoms with Crippen LogP contribution < -0.4 is 5.43 Å². The summed E-state index contributed by atoms with van der Waals surface area (Å²) in [4.78, 5) is 21.9. The van der Waals surface area contributed by atoms with E-state index in [0.717, 1.165) is 5.01 Å². The zero-order chi connectivity index (χ0) is 10.1. The highest BCUT2D eigenvalue weighted by atomic mass is 16.4. The van der Waals surface area contributed by atoms with Crippen molar-refractivity contribution >= 4 is 17.6 Å². The Balaban J connectivity index is 2.26. The van der Waals surface area contributed by atoms with Gasteiger partial charge in [0.25, 0.3) is 5.91 Å². The molecule has 5 heteroatoms. The van der Waals surface area contributed by atoms with Crippen molar-refractivity contribution in [2.24, 2.45) is 0 Å². The predicted octanol–water partition coefficient (Wildman–Crippen LogP) is 0.378. The van der Waals surface area contributed by atoms with Crippen LogP contribution in [-0.4, -0.2) is 28.5 Å². The quantitative estimate of drug-likeness (QED) is 0.734. The molecule has 0 bridgehead atoms. The zero-order valence-electron chi connectivity index (χ0n) is 7.17. The van der Waals surface area contributed by atoms with Crippen LogP contribution in [0.1, 0.15) is 10.4 Å². The zero-order valence-corrected chi connectivity index (χ0v) is 7.17. The number of hydrogen-bond acceptors (Lipinski definition) is 2. The standard InChI is InChI=1S/C9H7N2O3/c12-8(13)5-11-9(14)6-3-1-2-4-7(6)10-11/h1-4H,5H2,(H,12,13). The minimum Gasteiger partial charge on any atom is -0.480 e. The number of rotatable bonds is 2. The lowest BCUT2D eigenvalue weighted by Crippen LogP contribution is -2.34. The molecule has 1 aliphatic heterocycles. The van der Waals surface area contributed by atoms with E-state index < -0.39 is 12.5 Å². The first-order chi connectivity index (χ1) is 6.68. The summed E-state index contributed by atoms with van der Waals surface area (Å²) in [5, 5.41) is 9.47. The molecule has 0 spiro atoms. The van der Waals surface area contributed by atoms with Gasteiger partial charge in [0.15, 0.2) is 0 Å². The van der Waals surface area contributed by atoms with E-state index in [1.165, 1.54) is 0 Å². The van der Waals surface area contributed by atoms with Crippen LogP contribution in [0, 0.1) is 0 Å². The fourth-order valence-corrected chi connectivity index (χ4v) is 1.29. The molecular weight excluding hydrogens is 184 g/mol. The van der Waals surface area contributed by atoms with Gasteiger partial charge in [-0.25, -0.2) is 5.01 Å². The Labute approximate surface area is 79.9 Å². The van der Waals surface area contributed by atoms with Crippen LogP contribution >= 0.6 is 0 Å². The smallest absolute Gasteiger partial charge is 0.325 e. The molecule has 1 aromatic carbocycles. The Morgan fingerprint density at radius 1 is 1.43 bits per heavy atom. The molecule has 1 N–H and O–H groups in total. The highest BCUT2D eigenvalue weighted by molar-refractivity contribution is 6.02. The Morgan fingerprint density at radius 2 is 2.14 bits per heavy atom. The highest BCUT2D eigenvalue weighted by Crippen LogP contribution is 2.24. The summed E-state index contributed by atoms with van der Waals surface area (Å²) in [6.45, 7) is -0.395. The molecule has 1 radical (unpaired) electrons. The van der Waals surface area contributed by atoms with Crippen molar-refractivity contribution in [2.75, 3.05) is 6.54 Å². The van der Waals surface area contributed by atoms with E-state index in [9.17, 15) is 9.59 Å². The first-order valence-corrected chi connectivity index (χ1v) is 4.03. The lowest BCUT2D eigenvalue weighted by atomic mass is 10.2. The number of carbonyl (C=O) groups is 2. The number of carboxylic acids is 1. The Bertz CT molecular complexity index is 403. The van der Waals surface area contributed by atoms with Gasteiger partial charge in [-0.05, 0) is 12.1 Å². The van der Waals surface area contributed by atoms with Crippen molar-refractivity contribution in [3.63, 3.8) is 0 Å². The number of carboxylic acid groups (broad SMARTS) is 1. The third-order valence-electron chi connectivity index (χ3n) is 1.88. The SMILES string of the molecule is O=C(O)CN1[N]c2ccccc2C1=O. The number of carbonyl (C=O) groups excluding carboxylic acids is 1. The van der Waals surface area contributed by atoms with Crippen molar-refractivity contribution in [1.82, 2.24) is 10.4 Å². The van der Waals surface area contributed by atoms with Crippen LogP contribution in [0.3, 0.4) is 0 Å². The predicted molar refractivity (Wildman–Crippen MR) is 46.9 cm³/mol. The van der Waals surface area contributed by atoms with Gasteiger partial charge in [-0.2, -0.15) is 5.43 Å². The van der Waals surface area contributed by atoms with Crippen molar-refractivity contribution < 1.29 is 14.7 Å². The first-order valence-electron chi connectivity index (χ1n) is 4.03. The average Bonchev–Trinajstić information content (AvgIpc) is 2.44. The van der Waals surface area contributed by atoms with Crippen LogP contribution in [0.25, 0.3) is 0 Å². The number of hydrogen-bond donors (Lipinski definition) is 1. The summed E-state index contributed by atoms with van der Waals surface area (Å²) in [5.41, 5.74) is 4.85. The first kappa shape index (κ1) is 8.55. The van der Waals surface area contributed by atoms with Gasteiger partial charge in [0.1, 0.15) is 6.54 Å². The van der Waals surface area contributed by atoms with Crippen molar-refractivity contribution in [1.29, 1.82) is 0 Å². The van der Waals surface area contributed by atoms with Crippen LogP contribution in [0.4, 0.5) is 5.69 Å². The average molecular weight is 191 g/mol. The van der Waals surface area contributed by atoms with Gasteiger partial charge in [-0.15, -0.1) is 0 Å². The second-order valence-corrected chi connectivity index (χ2v) is 2.87. The van der Waals surface area contributed by atoms with Gasteiger partial charge < -0.3 is 5.11 Å². The molecule has 5 nitrogen and oxygen atoms in total. The van der Waals surface area contributed by atoms with Crippen molar-refractivity contribution in [3.8, 4) is 0 Å². The molecular formula is C9H7N2O3. The molecule has 14 heavy (non-hydrogen) atoms. The summed E-state index contributed by atoms with van der Waals surface area (Å²) in [7, 11) is 0. The van der Waals surface area contributed by atoms with E-state index in [-0.39, 0.29) is 5.91 Å². The van der Waals surface area contributed by atoms with E-state index in [2.05, 4.69) is 5.43 Å². The lowest BCUT2D eigenvalue weighted by Gasteiger charge is -2.09. The van der Waals surface area contributed by atoms with Crippen LogP contribution in [-0.2, 0) is 4.79 Å². The minimum absolute atomic E-state index is 0.358. The molecule has 0 atom stereocenters. The second-order valence-electron chi connectivity index (χ2n) is 2.87. The maximum absolute atomic E-state index is 11.5. The number of nitrogens with zero attached hydrogens (tertiary/aromatic N) is 2. The van der Waals surface area contributed by atoms with E-state index in [1.807, 2.05) is 0 Å². The van der Waals surface area contributed by atoms with Crippen LogP contribution in [0.2, 0.25) is 0 Å². The molecule has 1 aliphatic rings. The van der Waals surface area contributed by atoms with Gasteiger partial charge >= 0.3 is 5.97 Å². The highest BCUT2D eigenvalue weighted by Gasteiger charge is 2.29. The van der Waals surface area contributed by atoms with E-state index in [4.69, 9.17) is 5.11 Å². The fourth-order valence-electron chi connectivity index (χ4n) is 1.29. The molecule has 0 aromatic heterocycles. The van der Waals surface area contributed by atoms with Gasteiger partial charge in [0.2, 0.25) is 0 Å². The third kappa shape index (κ3) is 1.28. The maximum atomic E-state index is 11.5. The van der Waals surface area contributed by atoms with Crippen LogP contribution in [0.5, 0.6) is 0 Å². The Hall–Kier alpha value is -2.04. The normalized spacial score (nSPS) is 13.7. The lowest BCUT2D eigenvalue weighted by molar-refractivity contribution is -0.138. The monoisotopic (exact) mass is 191 g/mol. The summed E-state index contributed by atoms with van der Waals surface area (Å²) >= 11 is 0. The number of amides is 1. The Morgan fingerprint density at radius 3 is 2.79 bits per heavy atom. The van der Waals surface area contributed by atoms with Crippen molar-refractivity contribution in [2.45, 2.75) is 0 Å². The molecule has 0 saturated heterocycles. The summed E-state index contributed by atoms with van der Waals surface area (Å²) in [5.74, 6) is -1.43. The van der Waals surface area contributed by atoms with E-state index in [0.29, 0.717) is 11.3 Å². The third-order valence-corrected chi connectivity index (χ3v) is 1.88. The molecule has 71 valence electrons. The van der Waals surface area contributed by atoms with Gasteiger partial charge in [0.05, 0.1) is 11.3 Å². The number of benzene rings is 1. The van der Waals surface area contributed by atoms with Gasteiger partial charge in [-0.3, -0.25) is 9.59 Å². The Kier molecular flexibility index (Phi) is 1.85. The van der Waals surface area contributed by atoms with Gasteiger partial charge in [0, 0.05) is 0 Å². The van der Waals surface area contributed by atoms with E-state index >= 15 is 0 Å². The molecule has 2 rings (SSSR count). The van der Waals surface area contributed by atoms with Crippen LogP contribution in [0.15, 0.2) is 24.3 Å². The molecule has 0 unspecified atom stereocenters. The second kappa shape index (κ2) is 3.02. The van der Waals surface area contributed by atoms with Crippen molar-refractivity contribution in [3.05, 3.63) is 29.8 Å². The summed E-state index contributed by atoms with van der Waals surface area (Å²) < 4.78 is 0. The number of fused-ring (bicyclic) bond motifs is 1. The summed E-state index contributed by atoms with van der Waals surface area (Å²) in [6, 6.07) is 6.77. The number of aliphatic carboxylic acids is 1. The fraction of sp³-hybridized carbons (Fsp3) is 0.111. The molecule has 0 fully saturated rings. The maximum Gasteiger partial charge on any atom is 0.325 e. The largest absolute Gasteiger partial charge is 0.480 e. The minimum atomic E-state index is -1.07. The molecule has 1 heterocycles. The van der Waals surface area contributed by atoms with Gasteiger partial charge in [-0.1, -0.05) is 12.1 Å². The molecule has 0 aliphatic carbocycles. The topological polar surface area (TPSA) is 71.7 Å². The molecule has 1 aromatic rings.